The van der Waals surface area contributed by atoms with Crippen molar-refractivity contribution in [3.63, 3.8) is 0 Å². The van der Waals surface area contributed by atoms with Gasteiger partial charge in [-0.3, -0.25) is 14.1 Å². The van der Waals surface area contributed by atoms with Gasteiger partial charge in [0.2, 0.25) is 0 Å². The molecule has 0 spiro atoms. The summed E-state index contributed by atoms with van der Waals surface area (Å²) in [5, 5.41) is 0. The van der Waals surface area contributed by atoms with Gasteiger partial charge in [-0.1, -0.05) is 31.2 Å². The molecule has 0 bridgehead atoms. The van der Waals surface area contributed by atoms with Gasteiger partial charge in [0.1, 0.15) is 5.69 Å². The third-order valence-corrected chi connectivity index (χ3v) is 4.87. The minimum atomic E-state index is -0.287. The summed E-state index contributed by atoms with van der Waals surface area (Å²) in [6.07, 6.45) is 7.70. The summed E-state index contributed by atoms with van der Waals surface area (Å²) in [7, 11) is 3.20. The number of carbonyl (C=O) groups is 1. The minimum Gasteiger partial charge on any atom is -0.493 e. The molecule has 146 valence electrons. The number of anilines is 1. The van der Waals surface area contributed by atoms with Crippen LogP contribution in [0.3, 0.4) is 0 Å². The van der Waals surface area contributed by atoms with E-state index in [1.807, 2.05) is 4.40 Å². The van der Waals surface area contributed by atoms with Crippen LogP contribution >= 0.6 is 0 Å². The van der Waals surface area contributed by atoms with Crippen LogP contribution in [0.25, 0.3) is 16.9 Å². The van der Waals surface area contributed by atoms with Crippen LogP contribution in [0.1, 0.15) is 23.0 Å². The second-order valence-corrected chi connectivity index (χ2v) is 6.59. The average Bonchev–Trinajstić information content (AvgIpc) is 3.21. The molecular formula is C22H21N5O2. The molecule has 1 aromatic carbocycles. The van der Waals surface area contributed by atoms with E-state index < -0.39 is 0 Å². The Labute approximate surface area is 168 Å². The molecule has 7 heteroatoms. The lowest BCUT2D eigenvalue weighted by Gasteiger charge is -2.18. The van der Waals surface area contributed by atoms with E-state index in [2.05, 4.69) is 46.1 Å². The first-order chi connectivity index (χ1) is 14.1. The maximum absolute atomic E-state index is 13.0. The van der Waals surface area contributed by atoms with Gasteiger partial charge in [-0.25, -0.2) is 15.0 Å². The number of methoxy groups -OCH3 is 1. The second kappa shape index (κ2) is 7.71. The Morgan fingerprint density at radius 3 is 2.62 bits per heavy atom. The minimum absolute atomic E-state index is 0.287. The Morgan fingerprint density at radius 1 is 1.10 bits per heavy atom. The highest BCUT2D eigenvalue weighted by Gasteiger charge is 2.20. The molecule has 4 aromatic rings. The summed E-state index contributed by atoms with van der Waals surface area (Å²) in [6, 6.07) is 11.8. The number of rotatable bonds is 5. The zero-order chi connectivity index (χ0) is 20.4. The molecule has 0 aliphatic rings. The highest BCUT2D eigenvalue weighted by Crippen LogP contribution is 2.25. The van der Waals surface area contributed by atoms with E-state index >= 15 is 0 Å². The maximum atomic E-state index is 13.0. The first kappa shape index (κ1) is 18.6. The first-order valence-corrected chi connectivity index (χ1v) is 9.32. The SMILES string of the molecule is CCc1ccc(-c2cnc3cnc(C(=O)N(C)c4ncccc4OC)cn23)cc1. The van der Waals surface area contributed by atoms with Crippen LogP contribution in [0.2, 0.25) is 0 Å². The second-order valence-electron chi connectivity index (χ2n) is 6.59. The molecule has 29 heavy (non-hydrogen) atoms. The number of amides is 1. The quantitative estimate of drug-likeness (QED) is 0.523. The number of aryl methyl sites for hydroxylation is 1. The lowest BCUT2D eigenvalue weighted by atomic mass is 10.1. The number of nitrogens with zero attached hydrogens (tertiary/aromatic N) is 5. The number of ether oxygens (including phenoxy) is 1. The summed E-state index contributed by atoms with van der Waals surface area (Å²) in [4.78, 5) is 27.4. The summed E-state index contributed by atoms with van der Waals surface area (Å²) in [6.45, 7) is 2.12. The van der Waals surface area contributed by atoms with Crippen LogP contribution in [0.4, 0.5) is 5.82 Å². The van der Waals surface area contributed by atoms with Crippen molar-refractivity contribution in [2.24, 2.45) is 0 Å². The number of benzene rings is 1. The van der Waals surface area contributed by atoms with Gasteiger partial charge in [0.15, 0.2) is 17.2 Å². The number of hydrogen-bond acceptors (Lipinski definition) is 5. The fraction of sp³-hybridized carbons (Fsp3) is 0.182. The van der Waals surface area contributed by atoms with Crippen molar-refractivity contribution >= 4 is 17.4 Å². The van der Waals surface area contributed by atoms with Gasteiger partial charge in [-0.2, -0.15) is 0 Å². The van der Waals surface area contributed by atoms with E-state index in [0.717, 1.165) is 17.7 Å². The molecule has 3 aromatic heterocycles. The molecule has 0 aliphatic carbocycles. The normalized spacial score (nSPS) is 10.9. The van der Waals surface area contributed by atoms with E-state index in [-0.39, 0.29) is 11.6 Å². The number of aromatic nitrogens is 4. The molecule has 0 unspecified atom stereocenters. The predicted molar refractivity (Wildman–Crippen MR) is 111 cm³/mol. The Bertz CT molecular complexity index is 1170. The van der Waals surface area contributed by atoms with Crippen molar-refractivity contribution in [2.45, 2.75) is 13.3 Å². The summed E-state index contributed by atoms with van der Waals surface area (Å²) >= 11 is 0. The van der Waals surface area contributed by atoms with Crippen LogP contribution in [-0.2, 0) is 6.42 Å². The molecule has 4 rings (SSSR count). The lowest BCUT2D eigenvalue weighted by molar-refractivity contribution is 0.0986. The van der Waals surface area contributed by atoms with E-state index in [0.29, 0.717) is 17.2 Å². The first-order valence-electron chi connectivity index (χ1n) is 9.32. The van der Waals surface area contributed by atoms with Crippen LogP contribution in [0.15, 0.2) is 61.2 Å². The highest BCUT2D eigenvalue weighted by molar-refractivity contribution is 6.04. The molecular weight excluding hydrogens is 366 g/mol. The van der Waals surface area contributed by atoms with Gasteiger partial charge in [-0.05, 0) is 24.1 Å². The average molecular weight is 387 g/mol. The number of fused-ring (bicyclic) bond motifs is 1. The van der Waals surface area contributed by atoms with Gasteiger partial charge in [0, 0.05) is 25.0 Å². The van der Waals surface area contributed by atoms with Gasteiger partial charge in [0.05, 0.1) is 25.2 Å². The zero-order valence-electron chi connectivity index (χ0n) is 16.5. The Balaban J connectivity index is 1.72. The van der Waals surface area contributed by atoms with Crippen molar-refractivity contribution < 1.29 is 9.53 Å². The molecule has 0 radical (unpaired) electrons. The molecule has 0 atom stereocenters. The fourth-order valence-corrected chi connectivity index (χ4v) is 3.19. The van der Waals surface area contributed by atoms with Gasteiger partial charge >= 0.3 is 0 Å². The van der Waals surface area contributed by atoms with Crippen molar-refractivity contribution in [3.8, 4) is 17.0 Å². The smallest absolute Gasteiger partial charge is 0.279 e. The topological polar surface area (TPSA) is 72.6 Å². The molecule has 0 fully saturated rings. The largest absolute Gasteiger partial charge is 0.493 e. The maximum Gasteiger partial charge on any atom is 0.279 e. The predicted octanol–water partition coefficient (Wildman–Crippen LogP) is 3.64. The van der Waals surface area contributed by atoms with Crippen LogP contribution in [-0.4, -0.2) is 39.4 Å². The Morgan fingerprint density at radius 2 is 1.90 bits per heavy atom. The number of hydrogen-bond donors (Lipinski definition) is 0. The number of imidazole rings is 1. The van der Waals surface area contributed by atoms with Crippen molar-refractivity contribution in [1.29, 1.82) is 0 Å². The van der Waals surface area contributed by atoms with Crippen LogP contribution in [0, 0.1) is 0 Å². The number of pyridine rings is 1. The Kier molecular flexibility index (Phi) is 4.95. The monoisotopic (exact) mass is 387 g/mol. The lowest BCUT2D eigenvalue weighted by Crippen LogP contribution is -2.28. The fourth-order valence-electron chi connectivity index (χ4n) is 3.19. The van der Waals surface area contributed by atoms with Crippen LogP contribution in [0.5, 0.6) is 5.75 Å². The Hall–Kier alpha value is -3.74. The van der Waals surface area contributed by atoms with E-state index in [1.165, 1.54) is 10.5 Å². The molecule has 0 N–H and O–H groups in total. The molecule has 1 amide bonds. The van der Waals surface area contributed by atoms with E-state index in [4.69, 9.17) is 4.74 Å². The van der Waals surface area contributed by atoms with Gasteiger partial charge in [-0.15, -0.1) is 0 Å². The highest BCUT2D eigenvalue weighted by atomic mass is 16.5. The standard InChI is InChI=1S/C22H21N5O2/c1-4-15-7-9-16(10-8-15)18-12-25-20-13-24-17(14-27(18)20)22(28)26(2)21-19(29-3)6-5-11-23-21/h5-14H,4H2,1-3H3. The van der Waals surface area contributed by atoms with Gasteiger partial charge < -0.3 is 4.74 Å². The van der Waals surface area contributed by atoms with E-state index in [9.17, 15) is 4.79 Å². The van der Waals surface area contributed by atoms with Gasteiger partial charge in [0.25, 0.3) is 5.91 Å². The van der Waals surface area contributed by atoms with Crippen molar-refractivity contribution in [3.05, 3.63) is 72.4 Å². The molecule has 0 saturated carbocycles. The molecule has 0 aliphatic heterocycles. The van der Waals surface area contributed by atoms with Crippen LogP contribution < -0.4 is 9.64 Å². The summed E-state index contributed by atoms with van der Waals surface area (Å²) in [5.41, 5.74) is 4.16. The van der Waals surface area contributed by atoms with E-state index in [1.54, 1.807) is 51.1 Å². The molecule has 0 saturated heterocycles. The molecule has 7 nitrogen and oxygen atoms in total. The van der Waals surface area contributed by atoms with Crippen molar-refractivity contribution in [2.75, 3.05) is 19.1 Å². The zero-order valence-corrected chi connectivity index (χ0v) is 16.5. The third kappa shape index (κ3) is 3.42. The number of carbonyl (C=O) groups excluding carboxylic acids is 1. The third-order valence-electron chi connectivity index (χ3n) is 4.87. The summed E-state index contributed by atoms with van der Waals surface area (Å²) < 4.78 is 7.19. The molecule has 3 heterocycles. The summed E-state index contributed by atoms with van der Waals surface area (Å²) in [5.74, 6) is 0.663. The van der Waals surface area contributed by atoms with Crippen molar-refractivity contribution in [1.82, 2.24) is 19.4 Å².